The van der Waals surface area contributed by atoms with Gasteiger partial charge in [0.05, 0.1) is 0 Å². The van der Waals surface area contributed by atoms with Crippen molar-refractivity contribution in [2.75, 3.05) is 0 Å². The molecule has 0 fully saturated rings. The standard InChI is InChI=1S/C20H26O3/c1-11(2)16-17(21)13-7-8-15-12(6-5-9-20(15,3)4)10-14(13)18(22)19(16)23/h6,11,15,21H,5,7-10H2,1-4H3/t15-/m1/s1. The van der Waals surface area contributed by atoms with Crippen molar-refractivity contribution in [3.05, 3.63) is 34.1 Å². The molecule has 0 amide bonds. The van der Waals surface area contributed by atoms with Crippen molar-refractivity contribution in [2.24, 2.45) is 17.3 Å². The monoisotopic (exact) mass is 314 g/mol. The lowest BCUT2D eigenvalue weighted by Gasteiger charge is -2.39. The molecule has 3 nitrogen and oxygen atoms in total. The fourth-order valence-corrected chi connectivity index (χ4v) is 4.51. The molecule has 1 atom stereocenters. The molecule has 0 aromatic heterocycles. The molecule has 0 saturated carbocycles. The summed E-state index contributed by atoms with van der Waals surface area (Å²) in [6, 6.07) is 0. The fourth-order valence-electron chi connectivity index (χ4n) is 4.51. The molecule has 3 heteroatoms. The molecule has 3 aliphatic rings. The fraction of sp³-hybridized carbons (Fsp3) is 0.600. The molecule has 3 aliphatic carbocycles. The average molecular weight is 314 g/mol. The van der Waals surface area contributed by atoms with Crippen LogP contribution in [0.4, 0.5) is 0 Å². The number of rotatable bonds is 1. The molecule has 0 saturated heterocycles. The lowest BCUT2D eigenvalue weighted by Crippen LogP contribution is -2.29. The summed E-state index contributed by atoms with van der Waals surface area (Å²) in [7, 11) is 0. The number of aliphatic hydroxyl groups excluding tert-OH is 1. The summed E-state index contributed by atoms with van der Waals surface area (Å²) in [5.41, 5.74) is 3.07. The summed E-state index contributed by atoms with van der Waals surface area (Å²) >= 11 is 0. The van der Waals surface area contributed by atoms with Crippen molar-refractivity contribution < 1.29 is 14.7 Å². The van der Waals surface area contributed by atoms with E-state index in [1.807, 2.05) is 13.8 Å². The van der Waals surface area contributed by atoms with Crippen LogP contribution in [-0.4, -0.2) is 16.7 Å². The molecule has 0 aromatic rings. The van der Waals surface area contributed by atoms with E-state index in [4.69, 9.17) is 0 Å². The van der Waals surface area contributed by atoms with Gasteiger partial charge in [0, 0.05) is 16.7 Å². The molecule has 124 valence electrons. The Labute approximate surface area is 138 Å². The minimum absolute atomic E-state index is 0.0802. The summed E-state index contributed by atoms with van der Waals surface area (Å²) in [6.45, 7) is 8.28. The molecule has 1 N–H and O–H groups in total. The van der Waals surface area contributed by atoms with Crippen LogP contribution < -0.4 is 0 Å². The molecule has 0 aromatic carbocycles. The number of allylic oxidation sites excluding steroid dienone is 5. The van der Waals surface area contributed by atoms with Gasteiger partial charge in [0.25, 0.3) is 0 Å². The SMILES string of the molecule is CC(C)C1=C(O)C2=C(CC3=CCCC(C)(C)[C@@H]3CC2)C(=O)C1=O. The van der Waals surface area contributed by atoms with Crippen LogP contribution in [0.1, 0.15) is 59.8 Å². The van der Waals surface area contributed by atoms with Gasteiger partial charge in [-0.2, -0.15) is 0 Å². The van der Waals surface area contributed by atoms with E-state index in [0.29, 0.717) is 29.9 Å². The summed E-state index contributed by atoms with van der Waals surface area (Å²) in [5, 5.41) is 10.6. The molecule has 3 rings (SSSR count). The maximum absolute atomic E-state index is 12.6. The van der Waals surface area contributed by atoms with Gasteiger partial charge in [-0.15, -0.1) is 0 Å². The Morgan fingerprint density at radius 2 is 1.87 bits per heavy atom. The molecule has 0 heterocycles. The van der Waals surface area contributed by atoms with Crippen molar-refractivity contribution in [1.29, 1.82) is 0 Å². The van der Waals surface area contributed by atoms with E-state index in [2.05, 4.69) is 19.9 Å². The van der Waals surface area contributed by atoms with E-state index in [9.17, 15) is 14.7 Å². The molecule has 23 heavy (non-hydrogen) atoms. The summed E-state index contributed by atoms with van der Waals surface area (Å²) in [5.74, 6) is -0.532. The zero-order valence-corrected chi connectivity index (χ0v) is 14.5. The van der Waals surface area contributed by atoms with Crippen molar-refractivity contribution in [2.45, 2.75) is 59.8 Å². The number of carbonyl (C=O) groups is 2. The Hall–Kier alpha value is -1.64. The molecular formula is C20H26O3. The number of aliphatic hydroxyl groups is 1. The summed E-state index contributed by atoms with van der Waals surface area (Å²) in [6.07, 6.45) is 6.59. The van der Waals surface area contributed by atoms with Crippen LogP contribution in [0, 0.1) is 17.3 Å². The highest BCUT2D eigenvalue weighted by Crippen LogP contribution is 2.49. The van der Waals surface area contributed by atoms with Crippen molar-refractivity contribution >= 4 is 11.6 Å². The van der Waals surface area contributed by atoms with Crippen LogP contribution in [-0.2, 0) is 9.59 Å². The second-order valence-corrected chi connectivity index (χ2v) is 8.11. The highest BCUT2D eigenvalue weighted by Gasteiger charge is 2.42. The van der Waals surface area contributed by atoms with Crippen LogP contribution in [0.2, 0.25) is 0 Å². The smallest absolute Gasteiger partial charge is 0.233 e. The molecule has 0 unspecified atom stereocenters. The highest BCUT2D eigenvalue weighted by molar-refractivity contribution is 6.50. The van der Waals surface area contributed by atoms with Gasteiger partial charge >= 0.3 is 0 Å². The first-order valence-electron chi connectivity index (χ1n) is 8.67. The normalized spacial score (nSPS) is 27.7. The van der Waals surface area contributed by atoms with E-state index >= 15 is 0 Å². The number of fused-ring (bicyclic) bond motifs is 1. The number of ketones is 2. The Morgan fingerprint density at radius 1 is 1.17 bits per heavy atom. The average Bonchev–Trinajstić information content (AvgIpc) is 2.65. The molecule has 0 spiro atoms. The zero-order chi connectivity index (χ0) is 16.9. The van der Waals surface area contributed by atoms with Crippen molar-refractivity contribution in [3.8, 4) is 0 Å². The lowest BCUT2D eigenvalue weighted by molar-refractivity contribution is -0.132. The number of hydrogen-bond acceptors (Lipinski definition) is 3. The molecule has 0 radical (unpaired) electrons. The van der Waals surface area contributed by atoms with Gasteiger partial charge in [-0.1, -0.05) is 39.3 Å². The first-order chi connectivity index (χ1) is 10.7. The van der Waals surface area contributed by atoms with Gasteiger partial charge in [-0.05, 0) is 49.4 Å². The Bertz CT molecular complexity index is 671. The lowest BCUT2D eigenvalue weighted by atomic mass is 9.66. The van der Waals surface area contributed by atoms with Gasteiger partial charge in [0.15, 0.2) is 0 Å². The van der Waals surface area contributed by atoms with E-state index in [1.165, 1.54) is 5.57 Å². The maximum atomic E-state index is 12.6. The Kier molecular flexibility index (Phi) is 3.86. The van der Waals surface area contributed by atoms with Gasteiger partial charge < -0.3 is 5.11 Å². The first kappa shape index (κ1) is 16.2. The van der Waals surface area contributed by atoms with Crippen LogP contribution in [0.3, 0.4) is 0 Å². The second-order valence-electron chi connectivity index (χ2n) is 8.11. The maximum Gasteiger partial charge on any atom is 0.233 e. The van der Waals surface area contributed by atoms with Crippen LogP contribution in [0.5, 0.6) is 0 Å². The zero-order valence-electron chi connectivity index (χ0n) is 14.5. The van der Waals surface area contributed by atoms with Crippen molar-refractivity contribution in [3.63, 3.8) is 0 Å². The van der Waals surface area contributed by atoms with Gasteiger partial charge in [-0.3, -0.25) is 9.59 Å². The third kappa shape index (κ3) is 2.50. The first-order valence-corrected chi connectivity index (χ1v) is 8.67. The van der Waals surface area contributed by atoms with Crippen LogP contribution in [0.25, 0.3) is 0 Å². The van der Waals surface area contributed by atoms with E-state index in [1.54, 1.807) is 0 Å². The minimum Gasteiger partial charge on any atom is -0.507 e. The van der Waals surface area contributed by atoms with Gasteiger partial charge in [-0.25, -0.2) is 0 Å². The quantitative estimate of drug-likeness (QED) is 0.442. The largest absolute Gasteiger partial charge is 0.507 e. The van der Waals surface area contributed by atoms with Gasteiger partial charge in [0.1, 0.15) is 5.76 Å². The predicted octanol–water partition coefficient (Wildman–Crippen LogP) is 4.45. The van der Waals surface area contributed by atoms with Gasteiger partial charge in [0.2, 0.25) is 11.6 Å². The van der Waals surface area contributed by atoms with Crippen molar-refractivity contribution in [1.82, 2.24) is 0 Å². The Balaban J connectivity index is 2.07. The number of Topliss-reactive ketones (excluding diaryl/α,β-unsaturated/α-hetero) is 2. The topological polar surface area (TPSA) is 54.4 Å². The Morgan fingerprint density at radius 3 is 2.52 bits per heavy atom. The molecule has 0 bridgehead atoms. The van der Waals surface area contributed by atoms with E-state index in [-0.39, 0.29) is 17.1 Å². The highest BCUT2D eigenvalue weighted by atomic mass is 16.3. The van der Waals surface area contributed by atoms with E-state index < -0.39 is 11.6 Å². The summed E-state index contributed by atoms with van der Waals surface area (Å²) in [4.78, 5) is 25.0. The summed E-state index contributed by atoms with van der Waals surface area (Å²) < 4.78 is 0. The molecule has 0 aliphatic heterocycles. The predicted molar refractivity (Wildman–Crippen MR) is 90.0 cm³/mol. The number of hydrogen-bond donors (Lipinski definition) is 1. The third-order valence-electron chi connectivity index (χ3n) is 5.86. The third-order valence-corrected chi connectivity index (χ3v) is 5.86. The van der Waals surface area contributed by atoms with Crippen LogP contribution in [0.15, 0.2) is 34.1 Å². The molecular weight excluding hydrogens is 288 g/mol. The second kappa shape index (κ2) is 5.47. The number of carbonyl (C=O) groups excluding carboxylic acids is 2. The van der Waals surface area contributed by atoms with E-state index in [0.717, 1.165) is 24.8 Å². The minimum atomic E-state index is -0.509. The van der Waals surface area contributed by atoms with Crippen LogP contribution >= 0.6 is 0 Å².